The Morgan fingerprint density at radius 1 is 0.955 bits per heavy atom. The molecule has 0 N–H and O–H groups in total. The molecule has 0 radical (unpaired) electrons. The van der Waals surface area contributed by atoms with Gasteiger partial charge in [-0.3, -0.25) is 0 Å². The Morgan fingerprint density at radius 3 is 1.77 bits per heavy atom. The van der Waals surface area contributed by atoms with E-state index in [0.717, 1.165) is 5.69 Å². The smallest absolute Gasteiger partial charge is 1.00 e. The van der Waals surface area contributed by atoms with Gasteiger partial charge in [-0.25, -0.2) is 0 Å². The monoisotopic (exact) mass is 520 g/mol. The van der Waals surface area contributed by atoms with Crippen LogP contribution in [0.1, 0.15) is 27.7 Å². The average molecular weight is 520 g/mol. The van der Waals surface area contributed by atoms with E-state index in [2.05, 4.69) is 52.9 Å². The van der Waals surface area contributed by atoms with Gasteiger partial charge in [0.05, 0.1) is 0 Å². The normalized spacial score (nSPS) is 16.3. The van der Waals surface area contributed by atoms with Gasteiger partial charge >= 0.3 is 41.6 Å². The van der Waals surface area contributed by atoms with Crippen LogP contribution in [0.2, 0.25) is 13.1 Å². The molecule has 1 atom stereocenters. The summed E-state index contributed by atoms with van der Waals surface area (Å²) < 4.78 is 0. The van der Waals surface area contributed by atoms with Gasteiger partial charge in [-0.1, -0.05) is 54.0 Å². The molecule has 0 fully saturated rings. The van der Waals surface area contributed by atoms with Crippen molar-refractivity contribution < 1.29 is 47.8 Å². The number of benzene rings is 1. The minimum absolute atomic E-state index is 0. The Labute approximate surface area is 163 Å². The van der Waals surface area contributed by atoms with Crippen molar-refractivity contribution in [1.82, 2.24) is 0 Å². The molecule has 0 aliphatic heterocycles. The predicted octanol–water partition coefficient (Wildman–Crippen LogP) is -0.256. The van der Waals surface area contributed by atoms with Crippen molar-refractivity contribution in [3.8, 4) is 0 Å². The number of allylic oxidation sites excluding steroid dienone is 3. The van der Waals surface area contributed by atoms with E-state index in [1.165, 1.54) is 45.4 Å². The van der Waals surface area contributed by atoms with Crippen molar-refractivity contribution in [2.24, 2.45) is 5.92 Å². The largest absolute Gasteiger partial charge is 1.00 e. The van der Waals surface area contributed by atoms with E-state index in [0.29, 0.717) is 5.92 Å². The van der Waals surface area contributed by atoms with Crippen LogP contribution in [0.15, 0.2) is 52.7 Å². The second-order valence-electron chi connectivity index (χ2n) is 5.49. The van der Waals surface area contributed by atoms with Gasteiger partial charge in [0, 0.05) is 0 Å². The second-order valence-corrected chi connectivity index (χ2v) is 18.3. The van der Waals surface area contributed by atoms with Gasteiger partial charge in [0.25, 0.3) is 0 Å². The third-order valence-corrected chi connectivity index (χ3v) is 3.60. The SMILES string of the molecule is CC1=C(C)C(C)C([N-]c2ccccc2)=C1C.C[Si](C)=[Hf+2].[Cl-].[Cl-]. The van der Waals surface area contributed by atoms with E-state index in [1.54, 1.807) is 0 Å². The molecule has 5 heteroatoms. The summed E-state index contributed by atoms with van der Waals surface area (Å²) in [6.07, 6.45) is 0. The van der Waals surface area contributed by atoms with Crippen molar-refractivity contribution >= 4 is 11.2 Å². The predicted molar refractivity (Wildman–Crippen MR) is 87.2 cm³/mol. The summed E-state index contributed by atoms with van der Waals surface area (Å²) in [5.74, 6) is 0.459. The first kappa shape index (κ1) is 24.4. The second kappa shape index (κ2) is 11.7. The van der Waals surface area contributed by atoms with Gasteiger partial charge in [-0.15, -0.1) is 11.4 Å². The fraction of sp³-hybridized carbons (Fsp3) is 0.412. The molecule has 120 valence electrons. The Balaban J connectivity index is 0. The molecule has 0 aromatic heterocycles. The van der Waals surface area contributed by atoms with Crippen molar-refractivity contribution in [2.45, 2.75) is 40.8 Å². The number of halogens is 2. The number of nitrogens with zero attached hydrogens (tertiary/aromatic N) is 1. The Hall–Kier alpha value is 0.167. The summed E-state index contributed by atoms with van der Waals surface area (Å²) in [5, 5.41) is 4.76. The maximum atomic E-state index is 4.76. The fourth-order valence-corrected chi connectivity index (χ4v) is 2.16. The zero-order valence-electron chi connectivity index (χ0n) is 14.2. The molecule has 0 heterocycles. The third-order valence-electron chi connectivity index (χ3n) is 3.60. The molecule has 1 aliphatic rings. The average Bonchev–Trinajstić information content (AvgIpc) is 2.57. The zero-order valence-corrected chi connectivity index (χ0v) is 20.3. The van der Waals surface area contributed by atoms with E-state index in [9.17, 15) is 0 Å². The Bertz CT molecular complexity index is 549. The topological polar surface area (TPSA) is 14.1 Å². The van der Waals surface area contributed by atoms with E-state index in [1.807, 2.05) is 18.2 Å². The summed E-state index contributed by atoms with van der Waals surface area (Å²) in [7, 11) is 0. The number of para-hydroxylation sites is 1. The first-order valence-electron chi connectivity index (χ1n) is 7.01. The first-order chi connectivity index (χ1) is 9.34. The van der Waals surface area contributed by atoms with Crippen molar-refractivity contribution in [2.75, 3.05) is 0 Å². The van der Waals surface area contributed by atoms with Crippen LogP contribution in [0.3, 0.4) is 0 Å². The fourth-order valence-electron chi connectivity index (χ4n) is 2.16. The van der Waals surface area contributed by atoms with E-state index in [-0.39, 0.29) is 30.3 Å². The molecule has 0 amide bonds. The summed E-state index contributed by atoms with van der Waals surface area (Å²) in [6.45, 7) is 13.5. The van der Waals surface area contributed by atoms with E-state index < -0.39 is 0 Å². The molecule has 0 spiro atoms. The molecule has 0 bridgehead atoms. The van der Waals surface area contributed by atoms with Crippen LogP contribution in [-0.4, -0.2) is 5.49 Å². The molecule has 1 aromatic carbocycles. The first-order valence-corrected chi connectivity index (χ1v) is 14.9. The van der Waals surface area contributed by atoms with Crippen LogP contribution in [0.4, 0.5) is 5.69 Å². The molecule has 0 saturated carbocycles. The molecule has 22 heavy (non-hydrogen) atoms. The third kappa shape index (κ3) is 7.16. The standard InChI is InChI=1S/C15H18N.C2H6Si.2ClH.Hf/c1-10-11(2)13(4)15(12(10)3)16-14-8-6-5-7-9-14;1-3-2;;;/h5-9,12H,1-4H3;1-2H3;2*1H;/q-1;;;;+2/p-2. The summed E-state index contributed by atoms with van der Waals surface area (Å²) in [4.78, 5) is 0. The number of hydrogen-bond donors (Lipinski definition) is 0. The van der Waals surface area contributed by atoms with Crippen molar-refractivity contribution in [1.29, 1.82) is 0 Å². The van der Waals surface area contributed by atoms with Crippen LogP contribution < -0.4 is 24.8 Å². The van der Waals surface area contributed by atoms with Gasteiger partial charge in [-0.05, 0) is 26.7 Å². The maximum Gasteiger partial charge on any atom is -1.00 e. The van der Waals surface area contributed by atoms with Gasteiger partial charge in [-0.2, -0.15) is 0 Å². The van der Waals surface area contributed by atoms with Gasteiger partial charge in [0.15, 0.2) is 0 Å². The molecule has 0 saturated heterocycles. The number of rotatable bonds is 2. The van der Waals surface area contributed by atoms with Crippen LogP contribution in [-0.2, 0) is 23.0 Å². The number of hydrogen-bond acceptors (Lipinski definition) is 0. The maximum absolute atomic E-state index is 4.76. The summed E-state index contributed by atoms with van der Waals surface area (Å²) in [5.41, 5.74) is 6.73. The summed E-state index contributed by atoms with van der Waals surface area (Å²) >= 11 is 1.45. The minimum Gasteiger partial charge on any atom is -1.00 e. The van der Waals surface area contributed by atoms with E-state index in [4.69, 9.17) is 5.32 Å². The molecule has 1 unspecified atom stereocenters. The molecular weight excluding hydrogens is 496 g/mol. The summed E-state index contributed by atoms with van der Waals surface area (Å²) in [6, 6.07) is 10.2. The molecular formula is C17H24Cl2HfNSi-. The van der Waals surface area contributed by atoms with Crippen molar-refractivity contribution in [3.05, 3.63) is 58.1 Å². The minimum atomic E-state index is 0. The quantitative estimate of drug-likeness (QED) is 0.479. The molecule has 1 nitrogen and oxygen atoms in total. The Morgan fingerprint density at radius 2 is 1.41 bits per heavy atom. The van der Waals surface area contributed by atoms with Gasteiger partial charge < -0.3 is 30.1 Å². The van der Waals surface area contributed by atoms with Gasteiger partial charge in [0.1, 0.15) is 0 Å². The van der Waals surface area contributed by atoms with Crippen LogP contribution >= 0.6 is 0 Å². The molecule has 1 aromatic rings. The zero-order chi connectivity index (χ0) is 15.3. The molecule has 1 aliphatic carbocycles. The van der Waals surface area contributed by atoms with Crippen LogP contribution in [0, 0.1) is 5.92 Å². The van der Waals surface area contributed by atoms with E-state index >= 15 is 0 Å². The van der Waals surface area contributed by atoms with Crippen molar-refractivity contribution in [3.63, 3.8) is 0 Å². The van der Waals surface area contributed by atoms with Crippen LogP contribution in [0.25, 0.3) is 5.32 Å². The Kier molecular flexibility index (Phi) is 12.9. The van der Waals surface area contributed by atoms with Gasteiger partial charge in [0.2, 0.25) is 0 Å². The van der Waals surface area contributed by atoms with Crippen LogP contribution in [0.5, 0.6) is 0 Å². The molecule has 2 rings (SSSR count).